The number of benzene rings is 1. The summed E-state index contributed by atoms with van der Waals surface area (Å²) in [5.41, 5.74) is 2.67. The van der Waals surface area contributed by atoms with Gasteiger partial charge < -0.3 is 25.4 Å². The first-order valence-electron chi connectivity index (χ1n) is 12.5. The maximum atomic E-state index is 13.2. The van der Waals surface area contributed by atoms with E-state index in [-0.39, 0.29) is 69.1 Å². The molecule has 38 heavy (non-hydrogen) atoms. The van der Waals surface area contributed by atoms with Crippen molar-refractivity contribution < 1.29 is 38.0 Å². The molecule has 9 nitrogen and oxygen atoms in total. The summed E-state index contributed by atoms with van der Waals surface area (Å²) in [6.45, 7) is 0.745. The van der Waals surface area contributed by atoms with Crippen LogP contribution in [-0.4, -0.2) is 60.9 Å². The number of ketones is 3. The van der Waals surface area contributed by atoms with E-state index in [0.717, 1.165) is 22.5 Å². The van der Waals surface area contributed by atoms with E-state index < -0.39 is 12.5 Å². The first kappa shape index (κ1) is 28.9. The number of nitrogens with zero attached hydrogens (tertiary/aromatic N) is 2. The van der Waals surface area contributed by atoms with E-state index in [1.165, 1.54) is 13.0 Å². The molecule has 0 aliphatic heterocycles. The Kier molecular flexibility index (Phi) is 9.68. The maximum absolute atomic E-state index is 13.2. The quantitative estimate of drug-likeness (QED) is 0.323. The number of aromatic hydroxyl groups is 1. The predicted molar refractivity (Wildman–Crippen MR) is 145 cm³/mol. The smallest absolute Gasteiger partial charge is 0.167 e. The van der Waals surface area contributed by atoms with Crippen LogP contribution in [0.25, 0.3) is 16.9 Å². The van der Waals surface area contributed by atoms with Crippen molar-refractivity contribution in [3.8, 4) is 22.7 Å². The van der Waals surface area contributed by atoms with Crippen molar-refractivity contribution in [2.75, 3.05) is 13.2 Å². The number of carbonyl (C=O) groups excluding carboxylic acids is 3. The van der Waals surface area contributed by atoms with Crippen molar-refractivity contribution in [3.05, 3.63) is 66.1 Å². The molecule has 2 heterocycles. The summed E-state index contributed by atoms with van der Waals surface area (Å²) in [4.78, 5) is 41.9. The molecule has 0 spiro atoms. The highest BCUT2D eigenvalue weighted by Crippen LogP contribution is 2.41. The lowest BCUT2D eigenvalue weighted by Crippen LogP contribution is -2.32. The first-order chi connectivity index (χ1) is 17.8. The van der Waals surface area contributed by atoms with Crippen LogP contribution in [0.5, 0.6) is 5.75 Å². The molecule has 0 amide bonds. The van der Waals surface area contributed by atoms with Gasteiger partial charge in [0.25, 0.3) is 0 Å². The molecule has 3 atom stereocenters. The zero-order valence-electron chi connectivity index (χ0n) is 21.3. The monoisotopic (exact) mass is 526 g/mol. The predicted octanol–water partition coefficient (Wildman–Crippen LogP) is 3.20. The van der Waals surface area contributed by atoms with Gasteiger partial charge in [-0.05, 0) is 79.5 Å². The average Bonchev–Trinajstić information content (AvgIpc) is 3.39. The average molecular weight is 527 g/mol. The van der Waals surface area contributed by atoms with Crippen molar-refractivity contribution in [1.29, 1.82) is 0 Å². The van der Waals surface area contributed by atoms with E-state index >= 15 is 0 Å². The maximum Gasteiger partial charge on any atom is 0.167 e. The lowest BCUT2D eigenvalue weighted by Gasteiger charge is -2.31. The van der Waals surface area contributed by atoms with E-state index in [9.17, 15) is 29.7 Å². The van der Waals surface area contributed by atoms with Crippen LogP contribution in [-0.2, 0) is 16.0 Å². The molecular formula is C29H38N2O7. The van der Waals surface area contributed by atoms with Crippen LogP contribution in [0.3, 0.4) is 0 Å². The molecule has 3 aromatic rings. The SMILES string of the molecule is CC(=O)CC(=O)C(CO)C(CCO)CC1CC(=O)c2c(O)ccc(-c3ccc(-n4cccc4)nc3)c2C1.O.[HH].[HH]. The highest BCUT2D eigenvalue weighted by molar-refractivity contribution is 6.03. The van der Waals surface area contributed by atoms with Crippen LogP contribution in [0.2, 0.25) is 0 Å². The Morgan fingerprint density at radius 3 is 2.47 bits per heavy atom. The lowest BCUT2D eigenvalue weighted by molar-refractivity contribution is -0.131. The van der Waals surface area contributed by atoms with Gasteiger partial charge in [0.15, 0.2) is 5.78 Å². The Hall–Kier alpha value is -3.66. The summed E-state index contributed by atoms with van der Waals surface area (Å²) < 4.78 is 1.89. The number of aromatic nitrogens is 2. The standard InChI is InChI=1S/C29H32N2O6.H2O.2H2/c1-18(34)12-26(36)24(17-33)20(8-11-32)13-19-14-23-22(5-6-25(35)29(23)27(37)15-19)21-4-7-28(30-16-21)31-9-2-3-10-31;;;/h2-7,9-10,16,19-20,24,32-33,35H,8,11-15,17H2,1H3;1H2;2*1H. The number of Topliss-reactive ketones (excluding diaryl/α,β-unsaturated/α-hetero) is 3. The first-order valence-corrected chi connectivity index (χ1v) is 12.5. The molecule has 0 saturated carbocycles. The molecule has 5 N–H and O–H groups in total. The summed E-state index contributed by atoms with van der Waals surface area (Å²) in [7, 11) is 0. The fourth-order valence-corrected chi connectivity index (χ4v) is 5.47. The zero-order valence-corrected chi connectivity index (χ0v) is 21.3. The van der Waals surface area contributed by atoms with E-state index in [4.69, 9.17) is 0 Å². The number of rotatable bonds is 11. The Balaban J connectivity index is 0.00000267. The molecule has 9 heteroatoms. The second-order valence-electron chi connectivity index (χ2n) is 9.82. The third-order valence-corrected chi connectivity index (χ3v) is 7.20. The minimum atomic E-state index is -0.776. The lowest BCUT2D eigenvalue weighted by atomic mass is 9.72. The summed E-state index contributed by atoms with van der Waals surface area (Å²) >= 11 is 0. The molecule has 0 bridgehead atoms. The summed E-state index contributed by atoms with van der Waals surface area (Å²) in [6.07, 6.45) is 6.68. The van der Waals surface area contributed by atoms with E-state index in [1.807, 2.05) is 41.2 Å². The molecule has 4 rings (SSSR count). The Bertz CT molecular complexity index is 1280. The van der Waals surface area contributed by atoms with Gasteiger partial charge in [0, 0.05) is 46.0 Å². The van der Waals surface area contributed by atoms with Gasteiger partial charge in [-0.3, -0.25) is 14.4 Å². The van der Waals surface area contributed by atoms with E-state index in [2.05, 4.69) is 4.98 Å². The van der Waals surface area contributed by atoms with Gasteiger partial charge in [-0.15, -0.1) is 0 Å². The summed E-state index contributed by atoms with van der Waals surface area (Å²) in [6, 6.07) is 11.0. The Morgan fingerprint density at radius 1 is 1.13 bits per heavy atom. The third kappa shape index (κ3) is 6.24. The zero-order chi connectivity index (χ0) is 26.5. The number of carbonyl (C=O) groups is 3. The number of phenols is 1. The number of hydrogen-bond donors (Lipinski definition) is 3. The number of hydrogen-bond acceptors (Lipinski definition) is 7. The van der Waals surface area contributed by atoms with Crippen LogP contribution in [0.4, 0.5) is 0 Å². The number of fused-ring (bicyclic) bond motifs is 1. The van der Waals surface area contributed by atoms with Gasteiger partial charge in [0.05, 0.1) is 18.6 Å². The van der Waals surface area contributed by atoms with Gasteiger partial charge in [-0.1, -0.05) is 6.07 Å². The van der Waals surface area contributed by atoms with Crippen molar-refractivity contribution in [2.24, 2.45) is 17.8 Å². The molecule has 206 valence electrons. The number of aliphatic hydroxyl groups is 2. The fourth-order valence-electron chi connectivity index (χ4n) is 5.47. The molecule has 0 fully saturated rings. The van der Waals surface area contributed by atoms with Crippen molar-refractivity contribution in [2.45, 2.75) is 39.0 Å². The third-order valence-electron chi connectivity index (χ3n) is 7.20. The van der Waals surface area contributed by atoms with Crippen molar-refractivity contribution in [3.63, 3.8) is 0 Å². The highest BCUT2D eigenvalue weighted by Gasteiger charge is 2.35. The molecule has 1 aliphatic rings. The van der Waals surface area contributed by atoms with E-state index in [1.54, 1.807) is 12.3 Å². The molecule has 0 radical (unpaired) electrons. The molecule has 1 aliphatic carbocycles. The van der Waals surface area contributed by atoms with Crippen molar-refractivity contribution >= 4 is 17.3 Å². The molecule has 2 aromatic heterocycles. The number of aliphatic hydroxyl groups excluding tert-OH is 2. The summed E-state index contributed by atoms with van der Waals surface area (Å²) in [5, 5.41) is 30.1. The second kappa shape index (κ2) is 12.7. The molecule has 0 saturated heterocycles. The number of pyridine rings is 1. The molecule has 3 unspecified atom stereocenters. The normalized spacial score (nSPS) is 16.3. The Morgan fingerprint density at radius 2 is 1.87 bits per heavy atom. The molecule has 1 aromatic carbocycles. The minimum absolute atomic E-state index is 0. The van der Waals surface area contributed by atoms with E-state index in [0.29, 0.717) is 18.4 Å². The fraction of sp³-hybridized carbons (Fsp3) is 0.379. The van der Waals surface area contributed by atoms with Crippen LogP contribution in [0.15, 0.2) is 55.0 Å². The second-order valence-corrected chi connectivity index (χ2v) is 9.82. The number of phenolic OH excluding ortho intramolecular Hbond substituents is 1. The van der Waals surface area contributed by atoms with Gasteiger partial charge in [-0.2, -0.15) is 0 Å². The van der Waals surface area contributed by atoms with Gasteiger partial charge in [0.1, 0.15) is 23.1 Å². The minimum Gasteiger partial charge on any atom is -0.507 e. The van der Waals surface area contributed by atoms with Gasteiger partial charge in [0.2, 0.25) is 0 Å². The van der Waals surface area contributed by atoms with Crippen LogP contribution < -0.4 is 0 Å². The topological polar surface area (TPSA) is 161 Å². The summed E-state index contributed by atoms with van der Waals surface area (Å²) in [5.74, 6) is -1.40. The highest BCUT2D eigenvalue weighted by atomic mass is 16.3. The van der Waals surface area contributed by atoms with Crippen LogP contribution in [0.1, 0.15) is 51.4 Å². The Labute approximate surface area is 224 Å². The van der Waals surface area contributed by atoms with Gasteiger partial charge in [-0.25, -0.2) is 4.98 Å². The molecular weight excluding hydrogens is 488 g/mol. The largest absolute Gasteiger partial charge is 0.507 e. The van der Waals surface area contributed by atoms with Gasteiger partial charge >= 0.3 is 0 Å². The van der Waals surface area contributed by atoms with Crippen LogP contribution in [0, 0.1) is 17.8 Å². The van der Waals surface area contributed by atoms with Crippen LogP contribution >= 0.6 is 0 Å². The van der Waals surface area contributed by atoms with Crippen molar-refractivity contribution in [1.82, 2.24) is 9.55 Å².